The van der Waals surface area contributed by atoms with Crippen LogP contribution in [0.25, 0.3) is 0 Å². The van der Waals surface area contributed by atoms with Gasteiger partial charge in [0.15, 0.2) is 0 Å². The molecule has 0 spiro atoms. The molecule has 2 fully saturated rings. The van der Waals surface area contributed by atoms with E-state index in [1.165, 1.54) is 6.42 Å². The van der Waals surface area contributed by atoms with E-state index in [1.807, 2.05) is 0 Å². The minimum atomic E-state index is -0.0306. The lowest BCUT2D eigenvalue weighted by molar-refractivity contribution is -0.127. The highest BCUT2D eigenvalue weighted by molar-refractivity contribution is 5.05. The molecule has 0 aromatic heterocycles. The molecule has 2 saturated carbocycles. The lowest BCUT2D eigenvalue weighted by atomic mass is 9.61. The summed E-state index contributed by atoms with van der Waals surface area (Å²) in [6, 6.07) is 0.599. The monoisotopic (exact) mass is 241 g/mol. The van der Waals surface area contributed by atoms with Crippen LogP contribution in [0.15, 0.2) is 0 Å². The van der Waals surface area contributed by atoms with Gasteiger partial charge in [-0.15, -0.1) is 0 Å². The lowest BCUT2D eigenvalue weighted by Crippen LogP contribution is -2.63. The molecule has 0 heterocycles. The Kier molecular flexibility index (Phi) is 4.11. The number of nitrogens with one attached hydrogen (secondary N) is 1. The molecule has 0 bridgehead atoms. The smallest absolute Gasteiger partial charge is 0.0658 e. The predicted octanol–water partition coefficient (Wildman–Crippen LogP) is 1.94. The molecule has 3 atom stereocenters. The van der Waals surface area contributed by atoms with Crippen LogP contribution in [-0.2, 0) is 4.74 Å². The highest BCUT2D eigenvalue weighted by Gasteiger charge is 2.50. The van der Waals surface area contributed by atoms with Crippen molar-refractivity contribution in [3.63, 3.8) is 0 Å². The largest absolute Gasteiger partial charge is 0.393 e. The molecule has 0 radical (unpaired) electrons. The topological polar surface area (TPSA) is 41.5 Å². The first-order valence-corrected chi connectivity index (χ1v) is 7.13. The van der Waals surface area contributed by atoms with E-state index in [0.29, 0.717) is 23.5 Å². The van der Waals surface area contributed by atoms with Gasteiger partial charge in [0, 0.05) is 18.1 Å². The Morgan fingerprint density at radius 1 is 1.29 bits per heavy atom. The van der Waals surface area contributed by atoms with E-state index < -0.39 is 0 Å². The third kappa shape index (κ3) is 2.51. The Bertz CT molecular complexity index is 253. The standard InChI is InChI=1S/C14H27NO2/c1-4-14(3)12(8-13(14)17-5-2)15-9-10-6-11(16)7-10/h10-13,15-16H,4-9H2,1-3H3. The van der Waals surface area contributed by atoms with Gasteiger partial charge in [0.2, 0.25) is 0 Å². The van der Waals surface area contributed by atoms with Crippen molar-refractivity contribution in [3.05, 3.63) is 0 Å². The van der Waals surface area contributed by atoms with Crippen LogP contribution in [0.4, 0.5) is 0 Å². The summed E-state index contributed by atoms with van der Waals surface area (Å²) in [5.41, 5.74) is 0.304. The van der Waals surface area contributed by atoms with Crippen molar-refractivity contribution in [1.82, 2.24) is 5.32 Å². The number of hydrogen-bond donors (Lipinski definition) is 2. The highest BCUT2D eigenvalue weighted by atomic mass is 16.5. The van der Waals surface area contributed by atoms with E-state index in [4.69, 9.17) is 4.74 Å². The fourth-order valence-electron chi connectivity index (χ4n) is 3.24. The van der Waals surface area contributed by atoms with Gasteiger partial charge in [-0.1, -0.05) is 13.8 Å². The summed E-state index contributed by atoms with van der Waals surface area (Å²) in [5, 5.41) is 12.9. The van der Waals surface area contributed by atoms with Crippen LogP contribution in [0, 0.1) is 11.3 Å². The molecule has 17 heavy (non-hydrogen) atoms. The summed E-state index contributed by atoms with van der Waals surface area (Å²) < 4.78 is 5.80. The molecule has 0 aliphatic heterocycles. The maximum Gasteiger partial charge on any atom is 0.0658 e. The van der Waals surface area contributed by atoms with Gasteiger partial charge < -0.3 is 15.2 Å². The first-order chi connectivity index (χ1) is 8.10. The van der Waals surface area contributed by atoms with Gasteiger partial charge in [-0.3, -0.25) is 0 Å². The van der Waals surface area contributed by atoms with Crippen LogP contribution in [0.1, 0.15) is 46.5 Å². The third-order valence-electron chi connectivity index (χ3n) is 4.97. The highest BCUT2D eigenvalue weighted by Crippen LogP contribution is 2.46. The van der Waals surface area contributed by atoms with Crippen molar-refractivity contribution in [1.29, 1.82) is 0 Å². The molecule has 2 aliphatic carbocycles. The molecule has 2 rings (SSSR count). The zero-order chi connectivity index (χ0) is 12.5. The SMILES string of the molecule is CCOC1CC(NCC2CC(O)C2)C1(C)CC. The summed E-state index contributed by atoms with van der Waals surface area (Å²) in [7, 11) is 0. The van der Waals surface area contributed by atoms with E-state index in [9.17, 15) is 5.11 Å². The quantitative estimate of drug-likeness (QED) is 0.747. The molecule has 100 valence electrons. The second kappa shape index (κ2) is 5.25. The van der Waals surface area contributed by atoms with Crippen LogP contribution < -0.4 is 5.32 Å². The summed E-state index contributed by atoms with van der Waals surface area (Å²) in [5.74, 6) is 0.692. The van der Waals surface area contributed by atoms with Crippen molar-refractivity contribution in [3.8, 4) is 0 Å². The molecule has 3 heteroatoms. The van der Waals surface area contributed by atoms with Gasteiger partial charge in [0.1, 0.15) is 0 Å². The maximum absolute atomic E-state index is 9.27. The number of rotatable bonds is 6. The summed E-state index contributed by atoms with van der Waals surface area (Å²) in [6.07, 6.45) is 4.68. The minimum Gasteiger partial charge on any atom is -0.393 e. The van der Waals surface area contributed by atoms with Crippen LogP contribution in [0.2, 0.25) is 0 Å². The molecule has 3 unspecified atom stereocenters. The van der Waals surface area contributed by atoms with Crippen molar-refractivity contribution in [2.75, 3.05) is 13.2 Å². The van der Waals surface area contributed by atoms with Gasteiger partial charge in [0.05, 0.1) is 12.2 Å². The fraction of sp³-hybridized carbons (Fsp3) is 1.00. The molecule has 0 aromatic carbocycles. The molecule has 0 saturated heterocycles. The van der Waals surface area contributed by atoms with E-state index in [-0.39, 0.29) is 6.10 Å². The van der Waals surface area contributed by atoms with E-state index >= 15 is 0 Å². The molecular weight excluding hydrogens is 214 g/mol. The zero-order valence-electron chi connectivity index (χ0n) is 11.4. The average Bonchev–Trinajstić information content (AvgIpc) is 2.28. The van der Waals surface area contributed by atoms with E-state index in [1.54, 1.807) is 0 Å². The van der Waals surface area contributed by atoms with Crippen molar-refractivity contribution < 1.29 is 9.84 Å². The number of aliphatic hydroxyl groups is 1. The molecule has 0 amide bonds. The summed E-state index contributed by atoms with van der Waals surface area (Å²) in [4.78, 5) is 0. The number of hydrogen-bond acceptors (Lipinski definition) is 3. The van der Waals surface area contributed by atoms with Crippen molar-refractivity contribution in [2.45, 2.75) is 64.7 Å². The average molecular weight is 241 g/mol. The summed E-state index contributed by atoms with van der Waals surface area (Å²) in [6.45, 7) is 8.56. The maximum atomic E-state index is 9.27. The van der Waals surface area contributed by atoms with Crippen LogP contribution >= 0.6 is 0 Å². The molecule has 2 aliphatic rings. The van der Waals surface area contributed by atoms with Gasteiger partial charge in [-0.2, -0.15) is 0 Å². The van der Waals surface area contributed by atoms with E-state index in [0.717, 1.165) is 32.4 Å². The third-order valence-corrected chi connectivity index (χ3v) is 4.97. The van der Waals surface area contributed by atoms with Gasteiger partial charge in [-0.05, 0) is 45.1 Å². The Hall–Kier alpha value is -0.120. The molecule has 3 nitrogen and oxygen atoms in total. The normalized spacial score (nSPS) is 45.2. The fourth-order valence-corrected chi connectivity index (χ4v) is 3.24. The predicted molar refractivity (Wildman–Crippen MR) is 69.0 cm³/mol. The van der Waals surface area contributed by atoms with Crippen LogP contribution in [-0.4, -0.2) is 36.5 Å². The van der Waals surface area contributed by atoms with Gasteiger partial charge >= 0.3 is 0 Å². The second-order valence-electron chi connectivity index (χ2n) is 5.99. The van der Waals surface area contributed by atoms with E-state index in [2.05, 4.69) is 26.1 Å². The van der Waals surface area contributed by atoms with Gasteiger partial charge in [0.25, 0.3) is 0 Å². The first-order valence-electron chi connectivity index (χ1n) is 7.13. The lowest BCUT2D eigenvalue weighted by Gasteiger charge is -2.54. The second-order valence-corrected chi connectivity index (χ2v) is 5.99. The minimum absolute atomic E-state index is 0.0306. The van der Waals surface area contributed by atoms with Gasteiger partial charge in [-0.25, -0.2) is 0 Å². The Labute approximate surface area is 105 Å². The molecule has 0 aromatic rings. The molecule has 2 N–H and O–H groups in total. The Morgan fingerprint density at radius 3 is 2.53 bits per heavy atom. The molecular formula is C14H27NO2. The van der Waals surface area contributed by atoms with Crippen LogP contribution in [0.5, 0.6) is 0 Å². The Morgan fingerprint density at radius 2 is 2.00 bits per heavy atom. The van der Waals surface area contributed by atoms with Crippen LogP contribution in [0.3, 0.4) is 0 Å². The zero-order valence-corrected chi connectivity index (χ0v) is 11.4. The summed E-state index contributed by atoms with van der Waals surface area (Å²) >= 11 is 0. The van der Waals surface area contributed by atoms with Crippen molar-refractivity contribution >= 4 is 0 Å². The first kappa shape index (κ1) is 13.3. The number of ether oxygens (including phenoxy) is 1. The Balaban J connectivity index is 1.74. The van der Waals surface area contributed by atoms with Crippen molar-refractivity contribution in [2.24, 2.45) is 11.3 Å². The number of aliphatic hydroxyl groups excluding tert-OH is 1.